The van der Waals surface area contributed by atoms with Crippen molar-refractivity contribution in [1.29, 1.82) is 0 Å². The van der Waals surface area contributed by atoms with Crippen LogP contribution in [0.4, 0.5) is 5.69 Å². The second-order valence-electron chi connectivity index (χ2n) is 5.25. The largest absolute Gasteiger partial charge is 0.370 e. The van der Waals surface area contributed by atoms with Crippen LogP contribution in [0, 0.1) is 0 Å². The zero-order chi connectivity index (χ0) is 13.2. The highest BCUT2D eigenvalue weighted by Gasteiger charge is 2.24. The molecular formula is C14H19BrClNS. The second kappa shape index (κ2) is 6.06. The molecule has 1 saturated heterocycles. The Bertz CT molecular complexity index is 422. The molecule has 0 aliphatic carbocycles. The standard InChI is InChI=1S/C14H19BrClNS/c1-14(2)5-6-17(7-8-18-14)13-9-12(16)4-3-11(13)10-15/h3-4,9H,5-8,10H2,1-2H3. The van der Waals surface area contributed by atoms with Crippen molar-refractivity contribution in [3.05, 3.63) is 28.8 Å². The van der Waals surface area contributed by atoms with Crippen LogP contribution in [0.1, 0.15) is 25.8 Å². The SMILES string of the molecule is CC1(C)CCN(c2cc(Cl)ccc2CBr)CCS1. The molecule has 18 heavy (non-hydrogen) atoms. The molecule has 1 aromatic carbocycles. The molecule has 1 aliphatic rings. The summed E-state index contributed by atoms with van der Waals surface area (Å²) in [5.74, 6) is 1.18. The van der Waals surface area contributed by atoms with Gasteiger partial charge in [0.15, 0.2) is 0 Å². The molecule has 0 N–H and O–H groups in total. The minimum atomic E-state index is 0.391. The minimum absolute atomic E-state index is 0.391. The number of rotatable bonds is 2. The predicted molar refractivity (Wildman–Crippen MR) is 87.5 cm³/mol. The first-order chi connectivity index (χ1) is 8.52. The Labute approximate surface area is 127 Å². The van der Waals surface area contributed by atoms with Gasteiger partial charge in [-0.1, -0.05) is 47.4 Å². The van der Waals surface area contributed by atoms with Gasteiger partial charge in [-0.05, 0) is 24.1 Å². The lowest BCUT2D eigenvalue weighted by molar-refractivity contribution is 0.637. The molecule has 0 atom stereocenters. The highest BCUT2D eigenvalue weighted by molar-refractivity contribution is 9.08. The van der Waals surface area contributed by atoms with Crippen molar-refractivity contribution < 1.29 is 0 Å². The van der Waals surface area contributed by atoms with Gasteiger partial charge in [0.2, 0.25) is 0 Å². The average molecular weight is 349 g/mol. The first-order valence-corrected chi connectivity index (χ1v) is 8.74. The molecule has 4 heteroatoms. The smallest absolute Gasteiger partial charge is 0.0426 e. The van der Waals surface area contributed by atoms with Crippen LogP contribution in [-0.4, -0.2) is 23.6 Å². The van der Waals surface area contributed by atoms with E-state index >= 15 is 0 Å². The van der Waals surface area contributed by atoms with Crippen molar-refractivity contribution in [2.24, 2.45) is 0 Å². The summed E-state index contributed by atoms with van der Waals surface area (Å²) in [5, 5.41) is 1.71. The molecule has 0 radical (unpaired) electrons. The van der Waals surface area contributed by atoms with Gasteiger partial charge >= 0.3 is 0 Å². The van der Waals surface area contributed by atoms with E-state index in [1.165, 1.54) is 23.4 Å². The monoisotopic (exact) mass is 347 g/mol. The molecule has 0 aromatic heterocycles. The second-order valence-corrected chi connectivity index (χ2v) is 8.05. The Kier molecular flexibility index (Phi) is 4.90. The lowest BCUT2D eigenvalue weighted by atomic mass is 10.1. The summed E-state index contributed by atoms with van der Waals surface area (Å²) in [4.78, 5) is 2.48. The molecule has 0 bridgehead atoms. The summed E-state index contributed by atoms with van der Waals surface area (Å²) in [6.45, 7) is 6.89. The molecule has 1 aromatic rings. The number of benzene rings is 1. The van der Waals surface area contributed by atoms with Crippen molar-refractivity contribution in [2.75, 3.05) is 23.7 Å². The van der Waals surface area contributed by atoms with Gasteiger partial charge in [0, 0.05) is 39.6 Å². The number of hydrogen-bond acceptors (Lipinski definition) is 2. The first-order valence-electron chi connectivity index (χ1n) is 6.25. The third kappa shape index (κ3) is 3.58. The van der Waals surface area contributed by atoms with E-state index in [4.69, 9.17) is 11.6 Å². The van der Waals surface area contributed by atoms with E-state index in [1.54, 1.807) is 0 Å². The van der Waals surface area contributed by atoms with Crippen LogP contribution in [0.15, 0.2) is 18.2 Å². The van der Waals surface area contributed by atoms with E-state index in [0.29, 0.717) is 4.75 Å². The molecule has 1 fully saturated rings. The highest BCUT2D eigenvalue weighted by atomic mass is 79.9. The van der Waals surface area contributed by atoms with Gasteiger partial charge in [-0.3, -0.25) is 0 Å². The quantitative estimate of drug-likeness (QED) is 0.695. The number of halogens is 2. The van der Waals surface area contributed by atoms with Crippen molar-refractivity contribution in [3.8, 4) is 0 Å². The molecular weight excluding hydrogens is 330 g/mol. The van der Waals surface area contributed by atoms with Crippen LogP contribution >= 0.6 is 39.3 Å². The summed E-state index contributed by atoms with van der Waals surface area (Å²) < 4.78 is 0.391. The highest BCUT2D eigenvalue weighted by Crippen LogP contribution is 2.34. The van der Waals surface area contributed by atoms with E-state index in [2.05, 4.69) is 58.6 Å². The van der Waals surface area contributed by atoms with Crippen LogP contribution in [0.5, 0.6) is 0 Å². The molecule has 1 nitrogen and oxygen atoms in total. The molecule has 1 heterocycles. The fraction of sp³-hybridized carbons (Fsp3) is 0.571. The number of alkyl halides is 1. The van der Waals surface area contributed by atoms with Crippen LogP contribution in [-0.2, 0) is 5.33 Å². The lowest BCUT2D eigenvalue weighted by Crippen LogP contribution is -2.27. The summed E-state index contributed by atoms with van der Waals surface area (Å²) >= 11 is 11.8. The maximum absolute atomic E-state index is 6.14. The zero-order valence-electron chi connectivity index (χ0n) is 10.9. The third-order valence-corrected chi connectivity index (χ3v) is 5.58. The average Bonchev–Trinajstić information content (AvgIpc) is 2.50. The molecule has 2 rings (SSSR count). The van der Waals surface area contributed by atoms with E-state index in [1.807, 2.05) is 6.07 Å². The van der Waals surface area contributed by atoms with Crippen molar-refractivity contribution in [1.82, 2.24) is 0 Å². The fourth-order valence-corrected chi connectivity index (χ4v) is 3.95. The van der Waals surface area contributed by atoms with E-state index in [0.717, 1.165) is 23.4 Å². The van der Waals surface area contributed by atoms with Gasteiger partial charge in [-0.25, -0.2) is 0 Å². The zero-order valence-corrected chi connectivity index (χ0v) is 14.0. The van der Waals surface area contributed by atoms with E-state index < -0.39 is 0 Å². The maximum atomic E-state index is 6.14. The van der Waals surface area contributed by atoms with E-state index in [-0.39, 0.29) is 0 Å². The van der Waals surface area contributed by atoms with Gasteiger partial charge in [-0.15, -0.1) is 0 Å². The van der Waals surface area contributed by atoms with Gasteiger partial charge in [0.1, 0.15) is 0 Å². The van der Waals surface area contributed by atoms with Gasteiger partial charge < -0.3 is 4.90 Å². The van der Waals surface area contributed by atoms with Crippen molar-refractivity contribution in [2.45, 2.75) is 30.3 Å². The molecule has 0 spiro atoms. The van der Waals surface area contributed by atoms with Crippen LogP contribution < -0.4 is 4.90 Å². The van der Waals surface area contributed by atoms with Crippen LogP contribution in [0.2, 0.25) is 5.02 Å². The normalized spacial score (nSPS) is 19.7. The summed E-state index contributed by atoms with van der Waals surface area (Å²) in [6, 6.07) is 6.19. The maximum Gasteiger partial charge on any atom is 0.0426 e. The number of anilines is 1. The van der Waals surface area contributed by atoms with Gasteiger partial charge in [-0.2, -0.15) is 11.8 Å². The Hall–Kier alpha value is 0.140. The number of thioether (sulfide) groups is 1. The van der Waals surface area contributed by atoms with Crippen LogP contribution in [0.3, 0.4) is 0 Å². The Morgan fingerprint density at radius 3 is 2.89 bits per heavy atom. The summed E-state index contributed by atoms with van der Waals surface area (Å²) in [7, 11) is 0. The lowest BCUT2D eigenvalue weighted by Gasteiger charge is -2.26. The third-order valence-electron chi connectivity index (χ3n) is 3.37. The first kappa shape index (κ1) is 14.5. The Morgan fingerprint density at radius 1 is 1.39 bits per heavy atom. The molecule has 0 saturated carbocycles. The molecule has 1 aliphatic heterocycles. The topological polar surface area (TPSA) is 3.24 Å². The van der Waals surface area contributed by atoms with Gasteiger partial charge in [0.05, 0.1) is 0 Å². The van der Waals surface area contributed by atoms with Gasteiger partial charge in [0.25, 0.3) is 0 Å². The van der Waals surface area contributed by atoms with Crippen molar-refractivity contribution in [3.63, 3.8) is 0 Å². The molecule has 0 unspecified atom stereocenters. The number of nitrogens with zero attached hydrogens (tertiary/aromatic N) is 1. The Balaban J connectivity index is 2.23. The molecule has 0 amide bonds. The van der Waals surface area contributed by atoms with Crippen LogP contribution in [0.25, 0.3) is 0 Å². The van der Waals surface area contributed by atoms with Crippen molar-refractivity contribution >= 4 is 45.0 Å². The summed E-state index contributed by atoms with van der Waals surface area (Å²) in [6.07, 6.45) is 1.21. The van der Waals surface area contributed by atoms with E-state index in [9.17, 15) is 0 Å². The summed E-state index contributed by atoms with van der Waals surface area (Å²) in [5.41, 5.74) is 2.61. The molecule has 100 valence electrons. The number of hydrogen-bond donors (Lipinski definition) is 0. The minimum Gasteiger partial charge on any atom is -0.370 e. The Morgan fingerprint density at radius 2 is 2.17 bits per heavy atom. The predicted octanol–water partition coefficient (Wildman–Crippen LogP) is 4.96. The fourth-order valence-electron chi connectivity index (χ4n) is 2.21.